The van der Waals surface area contributed by atoms with Gasteiger partial charge in [0.05, 0.1) is 13.2 Å². The minimum Gasteiger partial charge on any atom is -0.493 e. The van der Waals surface area contributed by atoms with Gasteiger partial charge in [-0.05, 0) is 31.9 Å². The summed E-state index contributed by atoms with van der Waals surface area (Å²) >= 11 is 5.99. The molecule has 1 aromatic rings. The Morgan fingerprint density at radius 3 is 2.86 bits per heavy atom. The van der Waals surface area contributed by atoms with Gasteiger partial charge in [-0.25, -0.2) is 4.99 Å². The average molecular weight is 310 g/mol. The first-order valence-corrected chi connectivity index (χ1v) is 8.04. The van der Waals surface area contributed by atoms with Gasteiger partial charge in [-0.1, -0.05) is 36.9 Å². The van der Waals surface area contributed by atoms with Crippen molar-refractivity contribution in [2.24, 2.45) is 10.7 Å². The fourth-order valence-corrected chi connectivity index (χ4v) is 2.78. The van der Waals surface area contributed by atoms with E-state index in [0.29, 0.717) is 30.2 Å². The second kappa shape index (κ2) is 8.13. The molecule has 0 heterocycles. The van der Waals surface area contributed by atoms with Gasteiger partial charge >= 0.3 is 0 Å². The van der Waals surface area contributed by atoms with Crippen LogP contribution < -0.4 is 15.8 Å². The highest BCUT2D eigenvalue weighted by atomic mass is 35.5. The van der Waals surface area contributed by atoms with E-state index in [-0.39, 0.29) is 0 Å². The van der Waals surface area contributed by atoms with Crippen LogP contribution in [0, 0.1) is 0 Å². The van der Waals surface area contributed by atoms with Crippen LogP contribution in [-0.4, -0.2) is 18.6 Å². The minimum absolute atomic E-state index is 0.471. The lowest BCUT2D eigenvalue weighted by atomic mass is 9.96. The monoisotopic (exact) mass is 309 g/mol. The number of nitrogens with zero attached hydrogens (tertiary/aromatic N) is 1. The SMILES string of the molecule is CCOc1cc(Cl)ccc1CN=C(N)NC1CCCCC1. The zero-order chi connectivity index (χ0) is 15.1. The van der Waals surface area contributed by atoms with E-state index >= 15 is 0 Å². The van der Waals surface area contributed by atoms with Gasteiger partial charge in [0.15, 0.2) is 5.96 Å². The van der Waals surface area contributed by atoms with Gasteiger partial charge < -0.3 is 15.8 Å². The molecule has 116 valence electrons. The number of benzene rings is 1. The highest BCUT2D eigenvalue weighted by Gasteiger charge is 2.13. The van der Waals surface area contributed by atoms with Gasteiger partial charge in [-0.3, -0.25) is 0 Å². The molecule has 0 amide bonds. The third-order valence-corrected chi connectivity index (χ3v) is 3.94. The van der Waals surface area contributed by atoms with Crippen LogP contribution in [0.5, 0.6) is 5.75 Å². The van der Waals surface area contributed by atoms with E-state index in [1.54, 1.807) is 0 Å². The van der Waals surface area contributed by atoms with Crippen LogP contribution in [0.3, 0.4) is 0 Å². The number of guanidine groups is 1. The summed E-state index contributed by atoms with van der Waals surface area (Å²) in [5, 5.41) is 3.98. The van der Waals surface area contributed by atoms with Crippen LogP contribution in [0.15, 0.2) is 23.2 Å². The molecule has 1 aliphatic rings. The molecule has 5 heteroatoms. The molecular weight excluding hydrogens is 286 g/mol. The standard InChI is InChI=1S/C16H24ClN3O/c1-2-21-15-10-13(17)9-8-12(15)11-19-16(18)20-14-6-4-3-5-7-14/h8-10,14H,2-7,11H2,1H3,(H3,18,19,20). The number of nitrogens with two attached hydrogens (primary N) is 1. The quantitative estimate of drug-likeness (QED) is 0.646. The van der Waals surface area contributed by atoms with Gasteiger partial charge in [-0.2, -0.15) is 0 Å². The average Bonchev–Trinajstić information content (AvgIpc) is 2.48. The van der Waals surface area contributed by atoms with E-state index in [9.17, 15) is 0 Å². The summed E-state index contributed by atoms with van der Waals surface area (Å²) in [5.74, 6) is 1.29. The maximum absolute atomic E-state index is 5.99. The number of ether oxygens (including phenoxy) is 1. The molecule has 0 bridgehead atoms. The molecule has 1 aliphatic carbocycles. The van der Waals surface area contributed by atoms with E-state index < -0.39 is 0 Å². The van der Waals surface area contributed by atoms with E-state index in [1.807, 2.05) is 25.1 Å². The summed E-state index contributed by atoms with van der Waals surface area (Å²) in [6.45, 7) is 3.05. The number of rotatable bonds is 5. The fourth-order valence-electron chi connectivity index (χ4n) is 2.62. The van der Waals surface area contributed by atoms with Crippen molar-refractivity contribution in [2.75, 3.05) is 6.61 Å². The molecule has 0 saturated heterocycles. The fraction of sp³-hybridized carbons (Fsp3) is 0.562. The molecule has 1 aromatic carbocycles. The van der Waals surface area contributed by atoms with Crippen LogP contribution in [0.4, 0.5) is 0 Å². The lowest BCUT2D eigenvalue weighted by Gasteiger charge is -2.23. The summed E-state index contributed by atoms with van der Waals surface area (Å²) in [5.41, 5.74) is 6.97. The Hall–Kier alpha value is -1.42. The molecule has 0 spiro atoms. The molecule has 21 heavy (non-hydrogen) atoms. The van der Waals surface area contributed by atoms with Gasteiger partial charge in [0.25, 0.3) is 0 Å². The molecule has 2 rings (SSSR count). The predicted molar refractivity (Wildman–Crippen MR) is 88.0 cm³/mol. The van der Waals surface area contributed by atoms with Crippen LogP contribution in [0.2, 0.25) is 5.02 Å². The summed E-state index contributed by atoms with van der Waals surface area (Å²) in [7, 11) is 0. The van der Waals surface area contributed by atoms with Gasteiger partial charge in [-0.15, -0.1) is 0 Å². The van der Waals surface area contributed by atoms with Crippen molar-refractivity contribution in [3.05, 3.63) is 28.8 Å². The van der Waals surface area contributed by atoms with Crippen LogP contribution in [-0.2, 0) is 6.54 Å². The molecule has 0 aromatic heterocycles. The topological polar surface area (TPSA) is 59.6 Å². The first-order valence-electron chi connectivity index (χ1n) is 7.66. The van der Waals surface area contributed by atoms with Gasteiger partial charge in [0.2, 0.25) is 0 Å². The molecular formula is C16H24ClN3O. The lowest BCUT2D eigenvalue weighted by molar-refractivity contribution is 0.336. The Bertz CT molecular complexity index is 484. The van der Waals surface area contributed by atoms with Crippen LogP contribution in [0.25, 0.3) is 0 Å². The molecule has 0 aliphatic heterocycles. The van der Waals surface area contributed by atoms with Crippen molar-refractivity contribution in [1.29, 1.82) is 0 Å². The van der Waals surface area contributed by atoms with Crippen LogP contribution in [0.1, 0.15) is 44.6 Å². The van der Waals surface area contributed by atoms with Crippen LogP contribution >= 0.6 is 11.6 Å². The van der Waals surface area contributed by atoms with Crippen molar-refractivity contribution in [2.45, 2.75) is 51.6 Å². The van der Waals surface area contributed by atoms with E-state index in [2.05, 4.69) is 10.3 Å². The normalized spacial score (nSPS) is 16.8. The first kappa shape index (κ1) is 16.0. The second-order valence-electron chi connectivity index (χ2n) is 5.37. The minimum atomic E-state index is 0.471. The van der Waals surface area contributed by atoms with Crippen molar-refractivity contribution in [1.82, 2.24) is 5.32 Å². The van der Waals surface area contributed by atoms with Crippen molar-refractivity contribution < 1.29 is 4.74 Å². The third kappa shape index (κ3) is 5.12. The maximum Gasteiger partial charge on any atom is 0.189 e. The molecule has 3 N–H and O–H groups in total. The second-order valence-corrected chi connectivity index (χ2v) is 5.80. The number of hydrogen-bond donors (Lipinski definition) is 2. The number of halogens is 1. The zero-order valence-electron chi connectivity index (χ0n) is 12.6. The van der Waals surface area contributed by atoms with Crippen molar-refractivity contribution in [3.8, 4) is 5.75 Å². The molecule has 1 fully saturated rings. The highest BCUT2D eigenvalue weighted by Crippen LogP contribution is 2.24. The summed E-state index contributed by atoms with van der Waals surface area (Å²) in [6, 6.07) is 6.07. The molecule has 0 radical (unpaired) electrons. The Kier molecular flexibility index (Phi) is 6.18. The summed E-state index contributed by atoms with van der Waals surface area (Å²) in [6.07, 6.45) is 6.24. The number of aliphatic imine (C=N–C) groups is 1. The summed E-state index contributed by atoms with van der Waals surface area (Å²) < 4.78 is 5.59. The molecule has 4 nitrogen and oxygen atoms in total. The lowest BCUT2D eigenvalue weighted by Crippen LogP contribution is -2.41. The van der Waals surface area contributed by atoms with E-state index in [1.165, 1.54) is 32.1 Å². The number of hydrogen-bond acceptors (Lipinski definition) is 2. The van der Waals surface area contributed by atoms with E-state index in [0.717, 1.165) is 11.3 Å². The van der Waals surface area contributed by atoms with Crippen molar-refractivity contribution in [3.63, 3.8) is 0 Å². The Balaban J connectivity index is 1.95. The summed E-state index contributed by atoms with van der Waals surface area (Å²) in [4.78, 5) is 4.42. The van der Waals surface area contributed by atoms with Crippen molar-refractivity contribution >= 4 is 17.6 Å². The smallest absolute Gasteiger partial charge is 0.189 e. The molecule has 0 atom stereocenters. The Morgan fingerprint density at radius 1 is 1.38 bits per heavy atom. The maximum atomic E-state index is 5.99. The van der Waals surface area contributed by atoms with E-state index in [4.69, 9.17) is 22.1 Å². The molecule has 1 saturated carbocycles. The Morgan fingerprint density at radius 2 is 2.14 bits per heavy atom. The first-order chi connectivity index (χ1) is 10.2. The van der Waals surface area contributed by atoms with Gasteiger partial charge in [0.1, 0.15) is 5.75 Å². The largest absolute Gasteiger partial charge is 0.493 e. The Labute approximate surface area is 131 Å². The third-order valence-electron chi connectivity index (χ3n) is 3.71. The molecule has 0 unspecified atom stereocenters. The highest BCUT2D eigenvalue weighted by molar-refractivity contribution is 6.30. The predicted octanol–water partition coefficient (Wildman–Crippen LogP) is 3.48. The zero-order valence-corrected chi connectivity index (χ0v) is 13.3. The number of nitrogens with one attached hydrogen (secondary N) is 1. The van der Waals surface area contributed by atoms with Gasteiger partial charge in [0, 0.05) is 16.6 Å².